The van der Waals surface area contributed by atoms with E-state index in [2.05, 4.69) is 26.1 Å². The molecule has 1 atom stereocenters. The van der Waals surface area contributed by atoms with Gasteiger partial charge in [-0.3, -0.25) is 4.79 Å². The van der Waals surface area contributed by atoms with Crippen molar-refractivity contribution in [1.82, 2.24) is 5.32 Å². The van der Waals surface area contributed by atoms with Gasteiger partial charge < -0.3 is 10.4 Å². The van der Waals surface area contributed by atoms with E-state index in [1.807, 2.05) is 0 Å². The highest BCUT2D eigenvalue weighted by atomic mass is 16.4. The zero-order valence-electron chi connectivity index (χ0n) is 10.3. The van der Waals surface area contributed by atoms with Crippen LogP contribution in [-0.2, 0) is 4.79 Å². The molecule has 0 saturated heterocycles. The quantitative estimate of drug-likeness (QED) is 0.581. The summed E-state index contributed by atoms with van der Waals surface area (Å²) in [5.41, 5.74) is 0. The number of nitrogens with one attached hydrogen (secondary N) is 1. The lowest BCUT2D eigenvalue weighted by Crippen LogP contribution is -2.37. The molecule has 0 aliphatic rings. The Hall–Kier alpha value is -0.570. The summed E-state index contributed by atoms with van der Waals surface area (Å²) >= 11 is 0. The zero-order valence-corrected chi connectivity index (χ0v) is 10.3. The van der Waals surface area contributed by atoms with Crippen LogP contribution in [0, 0.1) is 5.92 Å². The van der Waals surface area contributed by atoms with Crippen molar-refractivity contribution in [2.24, 2.45) is 5.92 Å². The van der Waals surface area contributed by atoms with Crippen LogP contribution >= 0.6 is 0 Å². The Morgan fingerprint density at radius 1 is 1.27 bits per heavy atom. The van der Waals surface area contributed by atoms with Gasteiger partial charge in [-0.15, -0.1) is 0 Å². The van der Waals surface area contributed by atoms with Crippen LogP contribution in [0.4, 0.5) is 0 Å². The Labute approximate surface area is 93.3 Å². The Bertz CT molecular complexity index is 169. The molecular weight excluding hydrogens is 190 g/mol. The highest BCUT2D eigenvalue weighted by Gasteiger charge is 2.14. The van der Waals surface area contributed by atoms with Crippen molar-refractivity contribution in [1.29, 1.82) is 0 Å². The summed E-state index contributed by atoms with van der Waals surface area (Å²) in [4.78, 5) is 10.9. The van der Waals surface area contributed by atoms with Crippen LogP contribution in [0.3, 0.4) is 0 Å². The van der Waals surface area contributed by atoms with Gasteiger partial charge in [-0.05, 0) is 31.7 Å². The molecule has 3 heteroatoms. The van der Waals surface area contributed by atoms with Gasteiger partial charge >= 0.3 is 5.97 Å². The Morgan fingerprint density at radius 2 is 1.93 bits per heavy atom. The van der Waals surface area contributed by atoms with Gasteiger partial charge in [-0.25, -0.2) is 0 Å². The molecule has 0 radical (unpaired) electrons. The van der Waals surface area contributed by atoms with Crippen molar-refractivity contribution in [3.8, 4) is 0 Å². The topological polar surface area (TPSA) is 49.3 Å². The van der Waals surface area contributed by atoms with Crippen molar-refractivity contribution in [3.05, 3.63) is 0 Å². The van der Waals surface area contributed by atoms with E-state index in [1.54, 1.807) is 0 Å². The molecule has 1 unspecified atom stereocenters. The SMILES string of the molecule is CCCCC(NCCCC(C)C)C(=O)O. The zero-order chi connectivity index (χ0) is 11.7. The van der Waals surface area contributed by atoms with Gasteiger partial charge in [0.25, 0.3) is 0 Å². The average Bonchev–Trinajstić information content (AvgIpc) is 2.15. The van der Waals surface area contributed by atoms with Gasteiger partial charge in [0.15, 0.2) is 0 Å². The molecule has 15 heavy (non-hydrogen) atoms. The molecule has 0 saturated carbocycles. The van der Waals surface area contributed by atoms with Gasteiger partial charge in [0.1, 0.15) is 6.04 Å². The molecule has 2 N–H and O–H groups in total. The second-order valence-corrected chi connectivity index (χ2v) is 4.52. The molecule has 0 amide bonds. The van der Waals surface area contributed by atoms with Gasteiger partial charge in [0.05, 0.1) is 0 Å². The molecule has 0 aliphatic carbocycles. The van der Waals surface area contributed by atoms with Crippen molar-refractivity contribution in [3.63, 3.8) is 0 Å². The second-order valence-electron chi connectivity index (χ2n) is 4.52. The number of carboxylic acid groups (broad SMARTS) is 1. The summed E-state index contributed by atoms with van der Waals surface area (Å²) < 4.78 is 0. The molecule has 0 aliphatic heterocycles. The van der Waals surface area contributed by atoms with E-state index in [9.17, 15) is 4.79 Å². The van der Waals surface area contributed by atoms with Crippen molar-refractivity contribution < 1.29 is 9.90 Å². The second kappa shape index (κ2) is 8.72. The standard InChI is InChI=1S/C12H25NO2/c1-4-5-8-11(12(14)15)13-9-6-7-10(2)3/h10-11,13H,4-9H2,1-3H3,(H,14,15). The molecular formula is C12H25NO2. The molecule has 0 bridgehead atoms. The number of carbonyl (C=O) groups is 1. The first-order chi connectivity index (χ1) is 7.07. The maximum atomic E-state index is 10.9. The van der Waals surface area contributed by atoms with Crippen molar-refractivity contribution in [2.45, 2.75) is 58.9 Å². The third-order valence-electron chi connectivity index (χ3n) is 2.49. The highest BCUT2D eigenvalue weighted by Crippen LogP contribution is 2.04. The lowest BCUT2D eigenvalue weighted by atomic mass is 10.1. The van der Waals surface area contributed by atoms with E-state index in [0.717, 1.165) is 38.6 Å². The minimum Gasteiger partial charge on any atom is -0.480 e. The van der Waals surface area contributed by atoms with Gasteiger partial charge in [-0.1, -0.05) is 33.6 Å². The maximum absolute atomic E-state index is 10.9. The number of unbranched alkanes of at least 4 members (excludes halogenated alkanes) is 1. The largest absolute Gasteiger partial charge is 0.480 e. The number of carboxylic acids is 1. The number of aliphatic carboxylic acids is 1. The molecule has 0 aromatic carbocycles. The normalized spacial score (nSPS) is 13.1. The van der Waals surface area contributed by atoms with Crippen LogP contribution in [0.2, 0.25) is 0 Å². The molecule has 0 aromatic heterocycles. The Kier molecular flexibility index (Phi) is 8.38. The average molecular weight is 215 g/mol. The summed E-state index contributed by atoms with van der Waals surface area (Å²) in [6.07, 6.45) is 5.00. The molecule has 3 nitrogen and oxygen atoms in total. The summed E-state index contributed by atoms with van der Waals surface area (Å²) in [5.74, 6) is -0.0151. The fourth-order valence-electron chi connectivity index (χ4n) is 1.51. The van der Waals surface area contributed by atoms with Gasteiger partial charge in [0.2, 0.25) is 0 Å². The van der Waals surface area contributed by atoms with Crippen LogP contribution < -0.4 is 5.32 Å². The van der Waals surface area contributed by atoms with Crippen molar-refractivity contribution >= 4 is 5.97 Å². The summed E-state index contributed by atoms with van der Waals surface area (Å²) in [6, 6.07) is -0.350. The van der Waals surface area contributed by atoms with Crippen molar-refractivity contribution in [2.75, 3.05) is 6.54 Å². The number of hydrogen-bond donors (Lipinski definition) is 2. The fraction of sp³-hybridized carbons (Fsp3) is 0.917. The number of rotatable bonds is 9. The molecule has 0 spiro atoms. The third kappa shape index (κ3) is 8.43. The monoisotopic (exact) mass is 215 g/mol. The lowest BCUT2D eigenvalue weighted by Gasteiger charge is -2.14. The molecule has 0 heterocycles. The Balaban J connectivity index is 3.62. The summed E-state index contributed by atoms with van der Waals surface area (Å²) in [5, 5.41) is 12.1. The lowest BCUT2D eigenvalue weighted by molar-refractivity contribution is -0.139. The highest BCUT2D eigenvalue weighted by molar-refractivity contribution is 5.73. The summed E-state index contributed by atoms with van der Waals surface area (Å²) in [6.45, 7) is 7.27. The third-order valence-corrected chi connectivity index (χ3v) is 2.49. The minimum atomic E-state index is -0.715. The predicted octanol–water partition coefficient (Wildman–Crippen LogP) is 2.66. The Morgan fingerprint density at radius 3 is 2.40 bits per heavy atom. The van der Waals surface area contributed by atoms with E-state index < -0.39 is 5.97 Å². The number of hydrogen-bond acceptors (Lipinski definition) is 2. The van der Waals surface area contributed by atoms with Gasteiger partial charge in [-0.2, -0.15) is 0 Å². The molecule has 0 fully saturated rings. The first-order valence-electron chi connectivity index (χ1n) is 6.04. The van der Waals surface area contributed by atoms with E-state index in [-0.39, 0.29) is 6.04 Å². The van der Waals surface area contributed by atoms with Crippen LogP contribution in [0.25, 0.3) is 0 Å². The molecule has 0 rings (SSSR count). The molecule has 90 valence electrons. The first kappa shape index (κ1) is 14.4. The molecule has 0 aromatic rings. The predicted molar refractivity (Wildman–Crippen MR) is 63.0 cm³/mol. The fourth-order valence-corrected chi connectivity index (χ4v) is 1.51. The van der Waals surface area contributed by atoms with Crippen LogP contribution in [0.1, 0.15) is 52.9 Å². The van der Waals surface area contributed by atoms with E-state index in [0.29, 0.717) is 5.92 Å². The van der Waals surface area contributed by atoms with E-state index in [1.165, 1.54) is 0 Å². The van der Waals surface area contributed by atoms with Gasteiger partial charge in [0, 0.05) is 0 Å². The van der Waals surface area contributed by atoms with Crippen LogP contribution in [0.15, 0.2) is 0 Å². The van der Waals surface area contributed by atoms with E-state index in [4.69, 9.17) is 5.11 Å². The van der Waals surface area contributed by atoms with E-state index >= 15 is 0 Å². The maximum Gasteiger partial charge on any atom is 0.320 e. The van der Waals surface area contributed by atoms with Crippen LogP contribution in [0.5, 0.6) is 0 Å². The minimum absolute atomic E-state index is 0.350. The van der Waals surface area contributed by atoms with Crippen LogP contribution in [-0.4, -0.2) is 23.7 Å². The smallest absolute Gasteiger partial charge is 0.320 e. The summed E-state index contributed by atoms with van der Waals surface area (Å²) in [7, 11) is 0. The first-order valence-corrected chi connectivity index (χ1v) is 6.04.